The molecule has 3 aromatic rings. The monoisotopic (exact) mass is 353 g/mol. The summed E-state index contributed by atoms with van der Waals surface area (Å²) in [6, 6.07) is 17.2. The number of hydrogen-bond acceptors (Lipinski definition) is 5. The van der Waals surface area contributed by atoms with Crippen molar-refractivity contribution in [3.8, 4) is 11.3 Å². The number of nitrogens with zero attached hydrogens (tertiary/aromatic N) is 1. The summed E-state index contributed by atoms with van der Waals surface area (Å²) in [4.78, 5) is 13.3. The smallest absolute Gasteiger partial charge is 0.339 e. The lowest BCUT2D eigenvalue weighted by atomic mass is 10.1. The summed E-state index contributed by atoms with van der Waals surface area (Å²) in [7, 11) is 0. The van der Waals surface area contributed by atoms with Gasteiger partial charge in [-0.1, -0.05) is 54.0 Å². The largest absolute Gasteiger partial charge is 0.455 e. The molecule has 5 heteroatoms. The predicted octanol–water partition coefficient (Wildman–Crippen LogP) is 5.12. The second-order valence-electron chi connectivity index (χ2n) is 5.55. The van der Waals surface area contributed by atoms with Crippen LogP contribution in [0.5, 0.6) is 0 Å². The number of esters is 1. The van der Waals surface area contributed by atoms with Crippen LogP contribution in [-0.4, -0.2) is 16.9 Å². The molecule has 0 atom stereocenters. The number of rotatable bonds is 6. The molecule has 0 fully saturated rings. The Morgan fingerprint density at radius 2 is 1.92 bits per heavy atom. The molecule has 0 radical (unpaired) electrons. The van der Waals surface area contributed by atoms with Crippen LogP contribution in [0.25, 0.3) is 11.3 Å². The first-order valence-corrected chi connectivity index (χ1v) is 9.07. The Balaban J connectivity index is 1.66. The number of carbonyl (C=O) groups is 1. The highest BCUT2D eigenvalue weighted by Crippen LogP contribution is 2.24. The number of ether oxygens (including phenoxy) is 1. The summed E-state index contributed by atoms with van der Waals surface area (Å²) in [5, 5.41) is 3.98. The fraction of sp³-hybridized carbons (Fsp3) is 0.200. The number of aryl methyl sites for hydroxylation is 1. The van der Waals surface area contributed by atoms with Crippen molar-refractivity contribution >= 4 is 17.7 Å². The third-order valence-electron chi connectivity index (χ3n) is 3.65. The minimum atomic E-state index is -0.351. The zero-order valence-corrected chi connectivity index (χ0v) is 15.0. The Labute approximate surface area is 151 Å². The maximum Gasteiger partial charge on any atom is 0.339 e. The average Bonchev–Trinajstić information content (AvgIpc) is 3.10. The molecule has 2 aromatic carbocycles. The number of benzene rings is 2. The Kier molecular flexibility index (Phi) is 5.56. The molecule has 0 saturated carbocycles. The number of thioether (sulfide) groups is 1. The van der Waals surface area contributed by atoms with E-state index < -0.39 is 0 Å². The molecule has 0 aliphatic heterocycles. The van der Waals surface area contributed by atoms with Gasteiger partial charge in [0.05, 0.1) is 5.56 Å². The van der Waals surface area contributed by atoms with Crippen molar-refractivity contribution in [1.29, 1.82) is 0 Å². The van der Waals surface area contributed by atoms with E-state index in [1.165, 1.54) is 5.56 Å². The summed E-state index contributed by atoms with van der Waals surface area (Å²) < 4.78 is 10.7. The Morgan fingerprint density at radius 3 is 2.68 bits per heavy atom. The normalized spacial score (nSPS) is 10.6. The Bertz CT molecular complexity index is 855. The molecule has 0 aliphatic rings. The third-order valence-corrected chi connectivity index (χ3v) is 4.61. The number of hydrogen-bond donors (Lipinski definition) is 0. The third kappa shape index (κ3) is 4.31. The molecule has 0 saturated heterocycles. The fourth-order valence-electron chi connectivity index (χ4n) is 2.37. The van der Waals surface area contributed by atoms with Crippen molar-refractivity contribution in [3.63, 3.8) is 0 Å². The van der Waals surface area contributed by atoms with Gasteiger partial charge >= 0.3 is 5.97 Å². The zero-order chi connectivity index (χ0) is 17.6. The maximum absolute atomic E-state index is 12.3. The number of carbonyl (C=O) groups excluding carboxylic acids is 1. The van der Waals surface area contributed by atoms with Crippen molar-refractivity contribution in [2.45, 2.75) is 25.3 Å². The van der Waals surface area contributed by atoms with Crippen LogP contribution in [-0.2, 0) is 11.3 Å². The zero-order valence-electron chi connectivity index (χ0n) is 14.2. The second kappa shape index (κ2) is 8.03. The lowest BCUT2D eigenvalue weighted by molar-refractivity contribution is 0.0460. The van der Waals surface area contributed by atoms with Crippen molar-refractivity contribution < 1.29 is 14.1 Å². The van der Waals surface area contributed by atoms with Gasteiger partial charge < -0.3 is 9.26 Å². The summed E-state index contributed by atoms with van der Waals surface area (Å²) in [6.45, 7) is 4.16. The van der Waals surface area contributed by atoms with Gasteiger partial charge in [-0.15, -0.1) is 11.8 Å². The van der Waals surface area contributed by atoms with E-state index >= 15 is 0 Å². The van der Waals surface area contributed by atoms with Crippen LogP contribution in [0.15, 0.2) is 64.0 Å². The molecule has 1 aromatic heterocycles. The van der Waals surface area contributed by atoms with Crippen molar-refractivity contribution in [2.75, 3.05) is 5.75 Å². The highest BCUT2D eigenvalue weighted by atomic mass is 32.2. The molecule has 1 heterocycles. The summed E-state index contributed by atoms with van der Waals surface area (Å²) in [6.07, 6.45) is 0. The van der Waals surface area contributed by atoms with Crippen LogP contribution in [0.2, 0.25) is 0 Å². The summed E-state index contributed by atoms with van der Waals surface area (Å²) in [5.74, 6) is 1.21. The molecule has 0 spiro atoms. The Morgan fingerprint density at radius 1 is 1.16 bits per heavy atom. The first kappa shape index (κ1) is 17.3. The highest BCUT2D eigenvalue weighted by molar-refractivity contribution is 7.99. The van der Waals surface area contributed by atoms with Crippen LogP contribution in [0.4, 0.5) is 0 Å². The van der Waals surface area contributed by atoms with E-state index in [0.29, 0.717) is 17.0 Å². The molecule has 0 aliphatic carbocycles. The van der Waals surface area contributed by atoms with Crippen LogP contribution < -0.4 is 0 Å². The van der Waals surface area contributed by atoms with Gasteiger partial charge in [0.25, 0.3) is 0 Å². The van der Waals surface area contributed by atoms with E-state index in [-0.39, 0.29) is 12.6 Å². The molecule has 4 nitrogen and oxygen atoms in total. The quantitative estimate of drug-likeness (QED) is 0.455. The van der Waals surface area contributed by atoms with E-state index in [9.17, 15) is 4.79 Å². The lowest BCUT2D eigenvalue weighted by Crippen LogP contribution is -2.06. The molecule has 128 valence electrons. The van der Waals surface area contributed by atoms with Gasteiger partial charge in [0.15, 0.2) is 5.76 Å². The Hall–Kier alpha value is -2.53. The molecule has 0 bridgehead atoms. The van der Waals surface area contributed by atoms with Gasteiger partial charge in [0.2, 0.25) is 0 Å². The van der Waals surface area contributed by atoms with Crippen molar-refractivity contribution in [1.82, 2.24) is 5.16 Å². The average molecular weight is 353 g/mol. The SMILES string of the molecule is CCSc1ccccc1C(=O)OCc1cc(-c2ccc(C)cc2)on1. The van der Waals surface area contributed by atoms with Gasteiger partial charge in [0.1, 0.15) is 12.3 Å². The van der Waals surface area contributed by atoms with Gasteiger partial charge in [-0.25, -0.2) is 4.79 Å². The minimum Gasteiger partial charge on any atom is -0.455 e. The summed E-state index contributed by atoms with van der Waals surface area (Å²) >= 11 is 1.62. The first-order valence-electron chi connectivity index (χ1n) is 8.09. The fourth-order valence-corrected chi connectivity index (χ4v) is 3.16. The molecule has 3 rings (SSSR count). The topological polar surface area (TPSA) is 52.3 Å². The molecule has 0 N–H and O–H groups in total. The lowest BCUT2D eigenvalue weighted by Gasteiger charge is -2.07. The van der Waals surface area contributed by atoms with Gasteiger partial charge in [0, 0.05) is 16.5 Å². The molecule has 0 unspecified atom stereocenters. The predicted molar refractivity (Wildman–Crippen MR) is 98.6 cm³/mol. The standard InChI is InChI=1S/C20H19NO3S/c1-3-25-19-7-5-4-6-17(19)20(22)23-13-16-12-18(24-21-16)15-10-8-14(2)9-11-15/h4-12H,3,13H2,1-2H3. The van der Waals surface area contributed by atoms with Crippen molar-refractivity contribution in [3.05, 3.63) is 71.4 Å². The second-order valence-corrected chi connectivity index (χ2v) is 6.86. The molecule has 0 amide bonds. The minimum absolute atomic E-state index is 0.0827. The van der Waals surface area contributed by atoms with Gasteiger partial charge in [-0.05, 0) is 24.8 Å². The van der Waals surface area contributed by atoms with E-state index in [0.717, 1.165) is 16.2 Å². The highest BCUT2D eigenvalue weighted by Gasteiger charge is 2.14. The van der Waals surface area contributed by atoms with Crippen molar-refractivity contribution in [2.24, 2.45) is 0 Å². The van der Waals surface area contributed by atoms with Gasteiger partial charge in [-0.2, -0.15) is 0 Å². The van der Waals surface area contributed by atoms with Gasteiger partial charge in [-0.3, -0.25) is 0 Å². The van der Waals surface area contributed by atoms with Crippen LogP contribution in [0.1, 0.15) is 28.5 Å². The maximum atomic E-state index is 12.3. The number of aromatic nitrogens is 1. The van der Waals surface area contributed by atoms with E-state index in [2.05, 4.69) is 12.1 Å². The first-order chi connectivity index (χ1) is 12.2. The van der Waals surface area contributed by atoms with Crippen LogP contribution in [0.3, 0.4) is 0 Å². The van der Waals surface area contributed by atoms with E-state index in [4.69, 9.17) is 9.26 Å². The summed E-state index contributed by atoms with van der Waals surface area (Å²) in [5.41, 5.74) is 3.29. The van der Waals surface area contributed by atoms with E-state index in [1.807, 2.05) is 49.4 Å². The molecular formula is C20H19NO3S. The molecular weight excluding hydrogens is 334 g/mol. The van der Waals surface area contributed by atoms with Crippen LogP contribution in [0, 0.1) is 6.92 Å². The van der Waals surface area contributed by atoms with E-state index in [1.54, 1.807) is 23.9 Å². The van der Waals surface area contributed by atoms with Crippen LogP contribution >= 0.6 is 11.8 Å². The molecule has 25 heavy (non-hydrogen) atoms.